The van der Waals surface area contributed by atoms with Crippen LogP contribution >= 0.6 is 34.2 Å². The van der Waals surface area contributed by atoms with E-state index in [9.17, 15) is 18.9 Å². The van der Waals surface area contributed by atoms with Gasteiger partial charge in [-0.15, -0.1) is 0 Å². The number of halogens is 4. The fourth-order valence-corrected chi connectivity index (χ4v) is 2.90. The molecule has 0 fully saturated rings. The van der Waals surface area contributed by atoms with E-state index in [1.165, 1.54) is 29.1 Å². The van der Waals surface area contributed by atoms with E-state index < -0.39 is 11.5 Å². The van der Waals surface area contributed by atoms with Crippen LogP contribution in [0, 0.1) is 13.8 Å². The van der Waals surface area contributed by atoms with Crippen LogP contribution in [0.3, 0.4) is 0 Å². The van der Waals surface area contributed by atoms with Gasteiger partial charge in [-0.25, -0.2) is 9.67 Å². The van der Waals surface area contributed by atoms with Crippen molar-refractivity contribution in [3.63, 3.8) is 0 Å². The van der Waals surface area contributed by atoms with Gasteiger partial charge in [0.05, 0.1) is 21.9 Å². The summed E-state index contributed by atoms with van der Waals surface area (Å²) in [6.07, 6.45) is 1.50. The molecule has 0 bridgehead atoms. The van der Waals surface area contributed by atoms with Gasteiger partial charge >= 0.3 is 6.61 Å². The average molecular weight is 467 g/mol. The lowest BCUT2D eigenvalue weighted by Gasteiger charge is -2.11. The highest BCUT2D eigenvalue weighted by Crippen LogP contribution is 2.32. The maximum atomic E-state index is 12.7. The van der Waals surface area contributed by atoms with E-state index in [1.54, 1.807) is 0 Å². The molecule has 3 rings (SSSR count). The molecule has 0 spiro atoms. The molecule has 0 radical (unpaired) electrons. The molecule has 0 saturated carbocycles. The largest absolute Gasteiger partial charge is 0.432 e. The summed E-state index contributed by atoms with van der Waals surface area (Å²) in [5.41, 5.74) is 0.253. The highest BCUT2D eigenvalue weighted by atomic mass is 127. The Morgan fingerprint density at radius 3 is 2.79 bits per heavy atom. The van der Waals surface area contributed by atoms with Gasteiger partial charge in [-0.1, -0.05) is 11.6 Å². The van der Waals surface area contributed by atoms with Crippen molar-refractivity contribution in [1.82, 2.24) is 14.8 Å². The van der Waals surface area contributed by atoms with Crippen molar-refractivity contribution in [2.75, 3.05) is 0 Å². The van der Waals surface area contributed by atoms with Crippen molar-refractivity contribution in [2.24, 2.45) is 0 Å². The SMILES string of the molecule is O=[N+]([O-])c1ccc(-n2nc(I)c3cnc(Cl)cc32)c(OC(F)F)c1. The summed E-state index contributed by atoms with van der Waals surface area (Å²) >= 11 is 7.84. The minimum absolute atomic E-state index is 0.121. The lowest BCUT2D eigenvalue weighted by atomic mass is 10.2. The fourth-order valence-electron chi connectivity index (χ4n) is 2.12. The second-order valence-corrected chi connectivity index (χ2v) is 5.92. The second kappa shape index (κ2) is 6.43. The fraction of sp³-hybridized carbons (Fsp3) is 0.0769. The number of benzene rings is 1. The minimum atomic E-state index is -3.14. The van der Waals surface area contributed by atoms with E-state index >= 15 is 0 Å². The number of aromatic nitrogens is 3. The van der Waals surface area contributed by atoms with E-state index in [1.807, 2.05) is 22.6 Å². The first-order valence-corrected chi connectivity index (χ1v) is 7.76. The molecule has 3 aromatic rings. The Hall–Kier alpha value is -2.08. The molecule has 0 saturated heterocycles. The van der Waals surface area contributed by atoms with Crippen molar-refractivity contribution in [3.8, 4) is 11.4 Å². The standard InChI is InChI=1S/C13H6ClF2IN4O3/c14-11-4-9-7(5-18-11)12(17)19-20(9)8-2-1-6(21(22)23)3-10(8)24-13(15)16/h1-5,13H. The quantitative estimate of drug-likeness (QED) is 0.249. The number of pyridine rings is 1. The number of nitro benzene ring substituents is 1. The number of non-ortho nitro benzene ring substituents is 1. The Kier molecular flexibility index (Phi) is 4.49. The number of fused-ring (bicyclic) bond motifs is 1. The molecule has 0 aliphatic heterocycles. The van der Waals surface area contributed by atoms with Gasteiger partial charge in [0.1, 0.15) is 14.5 Å². The Morgan fingerprint density at radius 2 is 2.12 bits per heavy atom. The maximum Gasteiger partial charge on any atom is 0.387 e. The molecule has 0 atom stereocenters. The molecule has 124 valence electrons. The number of ether oxygens (including phenoxy) is 1. The Labute approximate surface area is 151 Å². The van der Waals surface area contributed by atoms with Crippen LogP contribution in [0.25, 0.3) is 16.6 Å². The summed E-state index contributed by atoms with van der Waals surface area (Å²) in [7, 11) is 0. The van der Waals surface area contributed by atoms with Crippen molar-refractivity contribution in [1.29, 1.82) is 0 Å². The third kappa shape index (κ3) is 3.11. The highest BCUT2D eigenvalue weighted by Gasteiger charge is 2.20. The van der Waals surface area contributed by atoms with Crippen LogP contribution in [-0.2, 0) is 0 Å². The lowest BCUT2D eigenvalue weighted by molar-refractivity contribution is -0.385. The number of nitro groups is 1. The normalized spacial score (nSPS) is 11.2. The van der Waals surface area contributed by atoms with Crippen molar-refractivity contribution in [3.05, 3.63) is 49.4 Å². The van der Waals surface area contributed by atoms with Gasteiger partial charge < -0.3 is 4.74 Å². The Bertz CT molecular complexity index is 950. The monoisotopic (exact) mass is 466 g/mol. The summed E-state index contributed by atoms with van der Waals surface area (Å²) in [4.78, 5) is 14.1. The molecule has 0 N–H and O–H groups in total. The molecule has 7 nitrogen and oxygen atoms in total. The number of nitrogens with zero attached hydrogens (tertiary/aromatic N) is 4. The number of hydrogen-bond acceptors (Lipinski definition) is 5. The zero-order chi connectivity index (χ0) is 17.4. The highest BCUT2D eigenvalue weighted by molar-refractivity contribution is 14.1. The molecule has 2 heterocycles. The third-order valence-corrected chi connectivity index (χ3v) is 4.09. The number of hydrogen-bond donors (Lipinski definition) is 0. The minimum Gasteiger partial charge on any atom is -0.432 e. The van der Waals surface area contributed by atoms with Crippen LogP contribution < -0.4 is 4.74 Å². The van der Waals surface area contributed by atoms with Gasteiger partial charge in [0.15, 0.2) is 5.75 Å². The second-order valence-electron chi connectivity index (χ2n) is 4.51. The van der Waals surface area contributed by atoms with Crippen LogP contribution in [0.2, 0.25) is 5.15 Å². The molecule has 0 amide bonds. The molecule has 0 aliphatic carbocycles. The van der Waals surface area contributed by atoms with Gasteiger partial charge in [0, 0.05) is 18.3 Å². The molecular weight excluding hydrogens is 461 g/mol. The summed E-state index contributed by atoms with van der Waals surface area (Å²) in [5, 5.41) is 16.0. The zero-order valence-electron chi connectivity index (χ0n) is 11.5. The molecule has 0 unspecified atom stereocenters. The van der Waals surface area contributed by atoms with E-state index in [0.717, 1.165) is 6.07 Å². The lowest BCUT2D eigenvalue weighted by Crippen LogP contribution is -2.07. The van der Waals surface area contributed by atoms with Crippen LogP contribution in [-0.4, -0.2) is 26.3 Å². The molecular formula is C13H6ClF2IN4O3. The van der Waals surface area contributed by atoms with E-state index in [4.69, 9.17) is 11.6 Å². The Morgan fingerprint density at radius 1 is 1.38 bits per heavy atom. The number of rotatable bonds is 4. The molecule has 1 aromatic carbocycles. The van der Waals surface area contributed by atoms with Crippen LogP contribution in [0.5, 0.6) is 5.75 Å². The Balaban J connectivity index is 2.25. The van der Waals surface area contributed by atoms with Crippen molar-refractivity contribution in [2.45, 2.75) is 6.61 Å². The van der Waals surface area contributed by atoms with Crippen LogP contribution in [0.4, 0.5) is 14.5 Å². The first-order valence-electron chi connectivity index (χ1n) is 6.30. The summed E-state index contributed by atoms with van der Waals surface area (Å²) in [6, 6.07) is 4.90. The molecule has 11 heteroatoms. The molecule has 0 aliphatic rings. The predicted octanol–water partition coefficient (Wildman–Crippen LogP) is 4.19. The van der Waals surface area contributed by atoms with Gasteiger partial charge in [-0.3, -0.25) is 10.1 Å². The van der Waals surface area contributed by atoms with Gasteiger partial charge in [-0.05, 0) is 28.7 Å². The van der Waals surface area contributed by atoms with Crippen LogP contribution in [0.15, 0.2) is 30.5 Å². The topological polar surface area (TPSA) is 83.1 Å². The summed E-state index contributed by atoms with van der Waals surface area (Å²) in [5.74, 6) is -0.368. The van der Waals surface area contributed by atoms with Gasteiger partial charge in [0.2, 0.25) is 0 Å². The first-order chi connectivity index (χ1) is 11.4. The van der Waals surface area contributed by atoms with Crippen molar-refractivity contribution >= 4 is 50.8 Å². The van der Waals surface area contributed by atoms with E-state index in [0.29, 0.717) is 14.6 Å². The van der Waals surface area contributed by atoms with Crippen LogP contribution in [0.1, 0.15) is 0 Å². The first kappa shape index (κ1) is 16.8. The average Bonchev–Trinajstić information content (AvgIpc) is 2.82. The van der Waals surface area contributed by atoms with E-state index in [-0.39, 0.29) is 22.3 Å². The smallest absolute Gasteiger partial charge is 0.387 e. The van der Waals surface area contributed by atoms with Crippen molar-refractivity contribution < 1.29 is 18.4 Å². The predicted molar refractivity (Wildman–Crippen MR) is 89.9 cm³/mol. The summed E-state index contributed by atoms with van der Waals surface area (Å²) in [6.45, 7) is -3.14. The molecule has 2 aromatic heterocycles. The van der Waals surface area contributed by atoms with Gasteiger partial charge in [-0.2, -0.15) is 13.9 Å². The van der Waals surface area contributed by atoms with Gasteiger partial charge in [0.25, 0.3) is 5.69 Å². The maximum absolute atomic E-state index is 12.7. The number of alkyl halides is 2. The third-order valence-electron chi connectivity index (χ3n) is 3.09. The summed E-state index contributed by atoms with van der Waals surface area (Å²) < 4.78 is 31.7. The molecule has 24 heavy (non-hydrogen) atoms. The zero-order valence-corrected chi connectivity index (χ0v) is 14.4. The van der Waals surface area contributed by atoms with E-state index in [2.05, 4.69) is 14.8 Å².